The van der Waals surface area contributed by atoms with Gasteiger partial charge in [-0.05, 0) is 35.9 Å². The summed E-state index contributed by atoms with van der Waals surface area (Å²) in [6, 6.07) is 9.38. The van der Waals surface area contributed by atoms with Crippen LogP contribution in [0.15, 0.2) is 57.4 Å². The molecular formula is C21H15FN2O4S3. The predicted molar refractivity (Wildman–Crippen MR) is 121 cm³/mol. The highest BCUT2D eigenvalue weighted by Gasteiger charge is 2.32. The second-order valence-corrected chi connectivity index (χ2v) is 8.95. The Morgan fingerprint density at radius 3 is 2.84 bits per heavy atom. The first-order chi connectivity index (χ1) is 15.0. The number of halogens is 1. The van der Waals surface area contributed by atoms with Gasteiger partial charge < -0.3 is 9.15 Å². The fraction of sp³-hybridized carbons (Fsp3) is 0.143. The molecule has 4 rings (SSSR count). The summed E-state index contributed by atoms with van der Waals surface area (Å²) in [7, 11) is 0. The third kappa shape index (κ3) is 5.27. The van der Waals surface area contributed by atoms with Crippen LogP contribution in [0.4, 0.5) is 4.39 Å². The molecule has 1 amide bonds. The summed E-state index contributed by atoms with van der Waals surface area (Å²) in [6.45, 7) is 0.165. The fourth-order valence-electron chi connectivity index (χ4n) is 2.72. The highest BCUT2D eigenvalue weighted by Crippen LogP contribution is 2.32. The van der Waals surface area contributed by atoms with Crippen molar-refractivity contribution in [3.05, 3.63) is 70.0 Å². The van der Waals surface area contributed by atoms with E-state index in [1.807, 2.05) is 0 Å². The van der Waals surface area contributed by atoms with Gasteiger partial charge >= 0.3 is 5.97 Å². The standard InChI is InChI=1S/C21H15FN2O4S3/c22-14-5-3-13(4-6-14)10-17-20(26)24(21(29)31-17)8-7-18(25)28-11-15-12-30-19(23-15)16-2-1-9-27-16/h1-6,9-10,12H,7-8,11H2/b17-10-. The lowest BCUT2D eigenvalue weighted by Crippen LogP contribution is -2.30. The van der Waals surface area contributed by atoms with Crippen molar-refractivity contribution in [3.63, 3.8) is 0 Å². The van der Waals surface area contributed by atoms with Crippen molar-refractivity contribution in [2.24, 2.45) is 0 Å². The van der Waals surface area contributed by atoms with E-state index in [1.165, 1.54) is 28.4 Å². The van der Waals surface area contributed by atoms with E-state index < -0.39 is 5.97 Å². The van der Waals surface area contributed by atoms with Crippen LogP contribution in [0.5, 0.6) is 0 Å². The monoisotopic (exact) mass is 474 g/mol. The largest absolute Gasteiger partial charge is 0.462 e. The van der Waals surface area contributed by atoms with Crippen LogP contribution in [-0.2, 0) is 20.9 Å². The van der Waals surface area contributed by atoms with E-state index >= 15 is 0 Å². The zero-order chi connectivity index (χ0) is 21.8. The van der Waals surface area contributed by atoms with Gasteiger partial charge in [-0.25, -0.2) is 9.37 Å². The highest BCUT2D eigenvalue weighted by molar-refractivity contribution is 8.26. The average Bonchev–Trinajstić information content (AvgIpc) is 3.49. The van der Waals surface area contributed by atoms with Gasteiger partial charge in [-0.3, -0.25) is 14.5 Å². The van der Waals surface area contributed by atoms with Crippen molar-refractivity contribution in [1.29, 1.82) is 0 Å². The number of amides is 1. The van der Waals surface area contributed by atoms with Crippen molar-refractivity contribution in [2.45, 2.75) is 13.0 Å². The van der Waals surface area contributed by atoms with Gasteiger partial charge in [-0.15, -0.1) is 11.3 Å². The van der Waals surface area contributed by atoms with E-state index in [1.54, 1.807) is 42.0 Å². The molecule has 0 atom stereocenters. The number of carbonyl (C=O) groups excluding carboxylic acids is 2. The lowest BCUT2D eigenvalue weighted by atomic mass is 10.2. The maximum Gasteiger partial charge on any atom is 0.307 e. The molecule has 10 heteroatoms. The first-order valence-electron chi connectivity index (χ1n) is 9.14. The van der Waals surface area contributed by atoms with Crippen molar-refractivity contribution < 1.29 is 23.1 Å². The molecule has 1 aromatic carbocycles. The first-order valence-corrected chi connectivity index (χ1v) is 11.2. The number of ether oxygens (including phenoxy) is 1. The molecule has 1 fully saturated rings. The number of furan rings is 1. The Balaban J connectivity index is 1.28. The third-order valence-electron chi connectivity index (χ3n) is 4.25. The zero-order valence-electron chi connectivity index (χ0n) is 15.9. The summed E-state index contributed by atoms with van der Waals surface area (Å²) in [5, 5.41) is 2.51. The SMILES string of the molecule is O=C(CCN1C(=O)/C(=C/c2ccc(F)cc2)SC1=S)OCc1csc(-c2ccco2)n1. The Labute approximate surface area is 190 Å². The van der Waals surface area contributed by atoms with Crippen LogP contribution in [0.3, 0.4) is 0 Å². The Morgan fingerprint density at radius 2 is 2.10 bits per heavy atom. The van der Waals surface area contributed by atoms with Crippen LogP contribution in [0, 0.1) is 5.82 Å². The molecule has 0 radical (unpaired) electrons. The van der Waals surface area contributed by atoms with E-state index in [-0.39, 0.29) is 31.3 Å². The molecule has 3 heterocycles. The number of rotatable bonds is 7. The van der Waals surface area contributed by atoms with Crippen molar-refractivity contribution in [3.8, 4) is 10.8 Å². The van der Waals surface area contributed by atoms with E-state index in [2.05, 4.69) is 4.98 Å². The number of benzene rings is 1. The summed E-state index contributed by atoms with van der Waals surface area (Å²) in [5.41, 5.74) is 1.32. The number of thiazole rings is 1. The number of hydrogen-bond acceptors (Lipinski definition) is 8. The van der Waals surface area contributed by atoms with Gasteiger partial charge in [0.2, 0.25) is 0 Å². The molecule has 0 aliphatic carbocycles. The minimum Gasteiger partial charge on any atom is -0.462 e. The molecule has 158 valence electrons. The van der Waals surface area contributed by atoms with Crippen LogP contribution < -0.4 is 0 Å². The van der Waals surface area contributed by atoms with E-state index in [0.717, 1.165) is 11.8 Å². The van der Waals surface area contributed by atoms with E-state index in [0.29, 0.717) is 31.3 Å². The lowest BCUT2D eigenvalue weighted by molar-refractivity contribution is -0.145. The summed E-state index contributed by atoms with van der Waals surface area (Å²) < 4.78 is 24.0. The molecule has 0 spiro atoms. The number of carbonyl (C=O) groups is 2. The molecule has 2 aromatic heterocycles. The normalized spacial score (nSPS) is 15.1. The lowest BCUT2D eigenvalue weighted by Gasteiger charge is -2.13. The number of aromatic nitrogens is 1. The number of esters is 1. The van der Waals surface area contributed by atoms with Gasteiger partial charge in [0.05, 0.1) is 23.3 Å². The molecule has 1 aliphatic heterocycles. The number of hydrogen-bond donors (Lipinski definition) is 0. The van der Waals surface area contributed by atoms with Gasteiger partial charge in [-0.1, -0.05) is 36.1 Å². The van der Waals surface area contributed by atoms with E-state index in [4.69, 9.17) is 21.4 Å². The smallest absolute Gasteiger partial charge is 0.307 e. The Bertz CT molecular complexity index is 1140. The third-order valence-corrected chi connectivity index (χ3v) is 6.53. The van der Waals surface area contributed by atoms with Crippen LogP contribution in [0.25, 0.3) is 16.8 Å². The molecule has 31 heavy (non-hydrogen) atoms. The first kappa shape index (κ1) is 21.4. The van der Waals surface area contributed by atoms with Crippen LogP contribution in [-0.4, -0.2) is 32.6 Å². The summed E-state index contributed by atoms with van der Waals surface area (Å²) in [6.07, 6.45) is 3.22. The molecule has 1 aliphatic rings. The maximum absolute atomic E-state index is 13.0. The number of nitrogens with zero attached hydrogens (tertiary/aromatic N) is 2. The minimum absolute atomic E-state index is 0.00540. The predicted octanol–water partition coefficient (Wildman–Crippen LogP) is 4.88. The van der Waals surface area contributed by atoms with Crippen molar-refractivity contribution in [1.82, 2.24) is 9.88 Å². The number of thiocarbonyl (C=S) groups is 1. The van der Waals surface area contributed by atoms with Gasteiger partial charge in [0.15, 0.2) is 10.8 Å². The molecule has 6 nitrogen and oxygen atoms in total. The second-order valence-electron chi connectivity index (χ2n) is 6.42. The molecule has 0 saturated carbocycles. The van der Waals surface area contributed by atoms with Gasteiger partial charge in [-0.2, -0.15) is 0 Å². The maximum atomic E-state index is 13.0. The Kier molecular flexibility index (Phi) is 6.59. The summed E-state index contributed by atoms with van der Waals surface area (Å²) >= 11 is 7.81. The van der Waals surface area contributed by atoms with Gasteiger partial charge in [0.1, 0.15) is 16.7 Å². The summed E-state index contributed by atoms with van der Waals surface area (Å²) in [4.78, 5) is 30.9. The summed E-state index contributed by atoms with van der Waals surface area (Å²) in [5.74, 6) is -0.428. The zero-order valence-corrected chi connectivity index (χ0v) is 18.4. The van der Waals surface area contributed by atoms with Crippen LogP contribution in [0.1, 0.15) is 17.7 Å². The Hall–Kier alpha value is -2.82. The topological polar surface area (TPSA) is 72.6 Å². The molecule has 1 saturated heterocycles. The van der Waals surface area contributed by atoms with Gasteiger partial charge in [0.25, 0.3) is 5.91 Å². The quantitative estimate of drug-likeness (QED) is 0.275. The van der Waals surface area contributed by atoms with Crippen LogP contribution >= 0.6 is 35.3 Å². The van der Waals surface area contributed by atoms with Gasteiger partial charge in [0, 0.05) is 11.9 Å². The number of thioether (sulfide) groups is 1. The fourth-order valence-corrected chi connectivity index (χ4v) is 4.80. The van der Waals surface area contributed by atoms with Crippen LogP contribution in [0.2, 0.25) is 0 Å². The molecule has 0 unspecified atom stereocenters. The molecule has 0 N–H and O–H groups in total. The molecule has 0 bridgehead atoms. The van der Waals surface area contributed by atoms with E-state index in [9.17, 15) is 14.0 Å². The van der Waals surface area contributed by atoms with Crippen molar-refractivity contribution >= 4 is 57.6 Å². The highest BCUT2D eigenvalue weighted by atomic mass is 32.2. The van der Waals surface area contributed by atoms with Crippen molar-refractivity contribution in [2.75, 3.05) is 6.54 Å². The molecule has 3 aromatic rings. The second kappa shape index (κ2) is 9.54. The Morgan fingerprint density at radius 1 is 1.29 bits per heavy atom. The average molecular weight is 475 g/mol. The molecular weight excluding hydrogens is 459 g/mol. The minimum atomic E-state index is -0.455.